The van der Waals surface area contributed by atoms with Gasteiger partial charge in [0.05, 0.1) is 29.1 Å². The monoisotopic (exact) mass is 553 g/mol. The van der Waals surface area contributed by atoms with Crippen LogP contribution in [0.2, 0.25) is 0 Å². The molecule has 9 atom stereocenters. The van der Waals surface area contributed by atoms with Gasteiger partial charge in [0.2, 0.25) is 5.91 Å². The number of rotatable bonds is 10. The number of amides is 1. The van der Waals surface area contributed by atoms with Crippen LogP contribution in [0.3, 0.4) is 0 Å². The van der Waals surface area contributed by atoms with Crippen LogP contribution in [0.4, 0.5) is 0 Å². The second-order valence-corrected chi connectivity index (χ2v) is 11.8. The number of hydrogen-bond donors (Lipinski definition) is 5. The van der Waals surface area contributed by atoms with E-state index in [0.29, 0.717) is 17.9 Å². The number of nitriles is 1. The van der Waals surface area contributed by atoms with E-state index in [4.69, 9.17) is 21.6 Å². The first-order chi connectivity index (χ1) is 17.7. The summed E-state index contributed by atoms with van der Waals surface area (Å²) >= 11 is 7.62. The molecule has 2 heterocycles. The summed E-state index contributed by atoms with van der Waals surface area (Å²) < 4.78 is 5.85. The maximum absolute atomic E-state index is 13.2. The van der Waals surface area contributed by atoms with Gasteiger partial charge in [-0.05, 0) is 75.4 Å². The van der Waals surface area contributed by atoms with E-state index in [0.717, 1.165) is 45.1 Å². The predicted molar refractivity (Wildman–Crippen MR) is 145 cm³/mol. The number of aliphatic hydroxyl groups excluding tert-OH is 3. The highest BCUT2D eigenvalue weighted by Gasteiger charge is 2.48. The highest BCUT2D eigenvalue weighted by molar-refractivity contribution is 7.99. The maximum Gasteiger partial charge on any atom is 0.237 e. The smallest absolute Gasteiger partial charge is 0.237 e. The molecule has 0 aliphatic carbocycles. The summed E-state index contributed by atoms with van der Waals surface area (Å²) in [7, 11) is 0. The van der Waals surface area contributed by atoms with Gasteiger partial charge in [-0.25, -0.2) is 0 Å². The van der Waals surface area contributed by atoms with Crippen LogP contribution in [0.5, 0.6) is 0 Å². The minimum absolute atomic E-state index is 0.198. The fourth-order valence-electron chi connectivity index (χ4n) is 5.22. The average Bonchev–Trinajstić information content (AvgIpc) is 3.15. The number of nitrogens with zero attached hydrogens (tertiary/aromatic N) is 1. The van der Waals surface area contributed by atoms with Gasteiger partial charge in [0.1, 0.15) is 29.9 Å². The molecule has 5 N–H and O–H groups in total. The van der Waals surface area contributed by atoms with E-state index in [1.54, 1.807) is 13.2 Å². The number of unbranched alkanes of at least 4 members (excludes halogenated alkanes) is 1. The van der Waals surface area contributed by atoms with Gasteiger partial charge in [0, 0.05) is 0 Å². The molecule has 1 aromatic carbocycles. The number of hydrogen-bond acceptors (Lipinski definition) is 8. The van der Waals surface area contributed by atoms with Crippen LogP contribution in [0.25, 0.3) is 0 Å². The summed E-state index contributed by atoms with van der Waals surface area (Å²) in [6.07, 6.45) is 3.81. The Bertz CT molecular complexity index is 897. The van der Waals surface area contributed by atoms with E-state index in [2.05, 4.69) is 16.7 Å². The lowest BCUT2D eigenvalue weighted by molar-refractivity contribution is -0.205. The first kappa shape index (κ1) is 30.2. The molecule has 3 rings (SSSR count). The zero-order chi connectivity index (χ0) is 26.9. The summed E-state index contributed by atoms with van der Waals surface area (Å²) in [4.78, 5) is 13.2. The Morgan fingerprint density at radius 3 is 2.57 bits per heavy atom. The number of nitrogens with one attached hydrogen (secondary N) is 2. The Labute approximate surface area is 229 Å². The molecule has 1 aromatic rings. The molecular formula is C27H40ClN3O5S. The van der Waals surface area contributed by atoms with Crippen LogP contribution < -0.4 is 10.6 Å². The van der Waals surface area contributed by atoms with Gasteiger partial charge >= 0.3 is 0 Å². The number of aliphatic hydroxyl groups is 3. The Balaban J connectivity index is 1.47. The molecule has 2 aliphatic rings. The Hall–Kier alpha value is -1.38. The van der Waals surface area contributed by atoms with Crippen molar-refractivity contribution in [2.45, 2.75) is 99.2 Å². The van der Waals surface area contributed by atoms with Gasteiger partial charge in [0.15, 0.2) is 0 Å². The third-order valence-corrected chi connectivity index (χ3v) is 8.66. The second kappa shape index (κ2) is 14.7. The van der Waals surface area contributed by atoms with Gasteiger partial charge in [-0.15, -0.1) is 23.4 Å². The summed E-state index contributed by atoms with van der Waals surface area (Å²) in [6, 6.07) is 8.81. The number of carbonyl (C=O) groups excluding carboxylic acids is 1. The van der Waals surface area contributed by atoms with Crippen molar-refractivity contribution in [3.05, 3.63) is 35.4 Å². The molecule has 37 heavy (non-hydrogen) atoms. The van der Waals surface area contributed by atoms with Crippen LogP contribution in [-0.4, -0.2) is 81.3 Å². The lowest BCUT2D eigenvalue weighted by atomic mass is 9.91. The molecule has 206 valence electrons. The molecule has 2 fully saturated rings. The molecule has 2 aliphatic heterocycles. The number of carbonyl (C=O) groups is 1. The number of halogens is 1. The second-order valence-electron chi connectivity index (χ2n) is 10.2. The molecule has 0 saturated carbocycles. The Kier molecular flexibility index (Phi) is 12.0. The third-order valence-electron chi connectivity index (χ3n) is 7.53. The van der Waals surface area contributed by atoms with Crippen LogP contribution in [-0.2, 0) is 16.0 Å². The van der Waals surface area contributed by atoms with Crippen molar-refractivity contribution < 1.29 is 24.9 Å². The number of aryl methyl sites for hydroxylation is 1. The summed E-state index contributed by atoms with van der Waals surface area (Å²) in [5.74, 6) is 0.354. The van der Waals surface area contributed by atoms with Crippen LogP contribution in [0.1, 0.15) is 56.6 Å². The molecule has 1 amide bonds. The normalized spacial score (nSPS) is 32.1. The van der Waals surface area contributed by atoms with Crippen molar-refractivity contribution in [1.29, 1.82) is 5.26 Å². The van der Waals surface area contributed by atoms with E-state index in [9.17, 15) is 20.1 Å². The highest BCUT2D eigenvalue weighted by Crippen LogP contribution is 2.30. The lowest BCUT2D eigenvalue weighted by Gasteiger charge is -2.44. The molecule has 3 unspecified atom stereocenters. The molecule has 2 saturated heterocycles. The predicted octanol–water partition coefficient (Wildman–Crippen LogP) is 2.31. The first-order valence-corrected chi connectivity index (χ1v) is 14.9. The van der Waals surface area contributed by atoms with Crippen molar-refractivity contribution in [2.24, 2.45) is 5.92 Å². The van der Waals surface area contributed by atoms with E-state index in [1.165, 1.54) is 17.3 Å². The molecule has 10 heteroatoms. The summed E-state index contributed by atoms with van der Waals surface area (Å²) in [5, 5.41) is 45.7. The molecular weight excluding hydrogens is 514 g/mol. The zero-order valence-electron chi connectivity index (χ0n) is 21.6. The van der Waals surface area contributed by atoms with Gasteiger partial charge in [-0.3, -0.25) is 4.79 Å². The first-order valence-electron chi connectivity index (χ1n) is 13.1. The van der Waals surface area contributed by atoms with E-state index >= 15 is 0 Å². The van der Waals surface area contributed by atoms with Gasteiger partial charge < -0.3 is 30.7 Å². The lowest BCUT2D eigenvalue weighted by Crippen LogP contribution is -2.65. The van der Waals surface area contributed by atoms with Crippen LogP contribution in [0.15, 0.2) is 24.3 Å². The van der Waals surface area contributed by atoms with Crippen molar-refractivity contribution in [2.75, 3.05) is 12.8 Å². The van der Waals surface area contributed by atoms with E-state index in [-0.39, 0.29) is 11.9 Å². The number of thioether (sulfide) groups is 1. The SMILES string of the molecule is CSC1O[C@H]([C@H](NC(=O)[C@@H]2CC[C@H](CCCCc3ccc(C#N)cc3)CCN2)[C@H](C)Cl)C(O)C(O)[C@H]1O. The van der Waals surface area contributed by atoms with Gasteiger partial charge in [-0.1, -0.05) is 25.0 Å². The van der Waals surface area contributed by atoms with Crippen LogP contribution >= 0.6 is 23.4 Å². The minimum atomic E-state index is -1.39. The zero-order valence-corrected chi connectivity index (χ0v) is 23.1. The molecule has 0 aromatic heterocycles. The topological polar surface area (TPSA) is 135 Å². The number of benzene rings is 1. The average molecular weight is 554 g/mol. The van der Waals surface area contributed by atoms with Crippen LogP contribution in [0, 0.1) is 17.2 Å². The minimum Gasteiger partial charge on any atom is -0.388 e. The highest BCUT2D eigenvalue weighted by atomic mass is 35.5. The Morgan fingerprint density at radius 2 is 1.92 bits per heavy atom. The van der Waals surface area contributed by atoms with Crippen molar-refractivity contribution in [1.82, 2.24) is 10.6 Å². The number of alkyl halides is 1. The van der Waals surface area contributed by atoms with Crippen molar-refractivity contribution >= 4 is 29.3 Å². The molecule has 0 radical (unpaired) electrons. The molecule has 0 bridgehead atoms. The van der Waals surface area contributed by atoms with Crippen molar-refractivity contribution in [3.8, 4) is 6.07 Å². The van der Waals surface area contributed by atoms with E-state index in [1.807, 2.05) is 24.3 Å². The summed E-state index contributed by atoms with van der Waals surface area (Å²) in [6.45, 7) is 2.46. The van der Waals surface area contributed by atoms with Gasteiger partial charge in [-0.2, -0.15) is 5.26 Å². The van der Waals surface area contributed by atoms with Crippen molar-refractivity contribution in [3.63, 3.8) is 0 Å². The van der Waals surface area contributed by atoms with E-state index < -0.39 is 41.3 Å². The molecule has 8 nitrogen and oxygen atoms in total. The maximum atomic E-state index is 13.2. The number of ether oxygens (including phenoxy) is 1. The Morgan fingerprint density at radius 1 is 1.19 bits per heavy atom. The van der Waals surface area contributed by atoms with Gasteiger partial charge in [0.25, 0.3) is 0 Å². The largest absolute Gasteiger partial charge is 0.388 e. The summed E-state index contributed by atoms with van der Waals surface area (Å²) in [5.41, 5.74) is 1.20. The quantitative estimate of drug-likeness (QED) is 0.220. The standard InChI is InChI=1S/C27H40ClN3O5S/c1-16(28)21(25-23(33)22(32)24(34)27(36-25)37-2)31-26(35)20-12-11-18(13-14-30-20)6-4-3-5-17-7-9-19(15-29)10-8-17/h7-10,16,18,20-25,27,30,32-34H,3-6,11-14H2,1-2H3,(H,31,35)/t16-,18-,20-,21+,22?,23?,24+,25+,27?/m0/s1. The fraction of sp³-hybridized carbons (Fsp3) is 0.704. The fourth-order valence-corrected chi connectivity index (χ4v) is 6.11. The third kappa shape index (κ3) is 8.30. The molecule has 0 spiro atoms.